The van der Waals surface area contributed by atoms with E-state index in [-0.39, 0.29) is 11.9 Å². The predicted molar refractivity (Wildman–Crippen MR) is 58.1 cm³/mol. The van der Waals surface area contributed by atoms with Crippen LogP contribution in [-0.4, -0.2) is 11.4 Å². The fourth-order valence-electron chi connectivity index (χ4n) is 1.32. The van der Waals surface area contributed by atoms with E-state index in [2.05, 4.69) is 5.32 Å². The summed E-state index contributed by atoms with van der Waals surface area (Å²) in [4.78, 5) is 11.5. The molecule has 0 fully saturated rings. The fourth-order valence-corrected chi connectivity index (χ4v) is 1.32. The second-order valence-electron chi connectivity index (χ2n) is 4.47. The summed E-state index contributed by atoms with van der Waals surface area (Å²) in [5, 5.41) is 2.83. The first kappa shape index (κ1) is 11.8. The maximum absolute atomic E-state index is 11.5. The summed E-state index contributed by atoms with van der Waals surface area (Å²) in [7, 11) is 0. The van der Waals surface area contributed by atoms with E-state index in [9.17, 15) is 4.79 Å². The van der Waals surface area contributed by atoms with E-state index < -0.39 is 5.54 Å². The van der Waals surface area contributed by atoms with Gasteiger partial charge in [0.05, 0.1) is 12.3 Å². The highest BCUT2D eigenvalue weighted by atomic mass is 16.3. The third kappa shape index (κ3) is 4.16. The van der Waals surface area contributed by atoms with Crippen LogP contribution in [0, 0.1) is 0 Å². The topological polar surface area (TPSA) is 68.3 Å². The summed E-state index contributed by atoms with van der Waals surface area (Å²) in [6.07, 6.45) is 1.89. The van der Waals surface area contributed by atoms with Gasteiger partial charge in [-0.25, -0.2) is 0 Å². The predicted octanol–water partition coefficient (Wildman–Crippen LogP) is 1.58. The van der Waals surface area contributed by atoms with Crippen molar-refractivity contribution in [3.05, 3.63) is 24.2 Å². The zero-order valence-corrected chi connectivity index (χ0v) is 9.41. The molecular weight excluding hydrogens is 192 g/mol. The third-order valence-electron chi connectivity index (χ3n) is 1.96. The molecule has 1 heterocycles. The lowest BCUT2D eigenvalue weighted by Crippen LogP contribution is -2.39. The van der Waals surface area contributed by atoms with Gasteiger partial charge in [-0.15, -0.1) is 0 Å². The largest absolute Gasteiger partial charge is 0.467 e. The van der Waals surface area contributed by atoms with Crippen LogP contribution in [0.25, 0.3) is 0 Å². The molecule has 0 radical (unpaired) electrons. The first-order chi connectivity index (χ1) is 6.88. The van der Waals surface area contributed by atoms with Gasteiger partial charge < -0.3 is 15.5 Å². The average molecular weight is 210 g/mol. The molecule has 0 saturated heterocycles. The van der Waals surface area contributed by atoms with Crippen molar-refractivity contribution in [2.24, 2.45) is 5.73 Å². The standard InChI is InChI=1S/C11H18N2O2/c1-8(9-5-4-6-15-9)13-10(14)7-11(2,3)12/h4-6,8H,7,12H2,1-3H3,(H,13,14)/t8-/m1/s1. The normalized spacial score (nSPS) is 13.6. The monoisotopic (exact) mass is 210 g/mol. The first-order valence-electron chi connectivity index (χ1n) is 5.00. The molecule has 1 aromatic rings. The number of carbonyl (C=O) groups excluding carboxylic acids is 1. The molecule has 0 aliphatic rings. The lowest BCUT2D eigenvalue weighted by Gasteiger charge is -2.19. The molecule has 0 aliphatic carbocycles. The van der Waals surface area contributed by atoms with E-state index in [4.69, 9.17) is 10.2 Å². The number of rotatable bonds is 4. The zero-order valence-electron chi connectivity index (χ0n) is 9.41. The molecule has 0 aromatic carbocycles. The van der Waals surface area contributed by atoms with Crippen molar-refractivity contribution < 1.29 is 9.21 Å². The number of amides is 1. The second-order valence-corrected chi connectivity index (χ2v) is 4.47. The SMILES string of the molecule is C[C@@H](NC(=O)CC(C)(C)N)c1ccco1. The number of hydrogen-bond donors (Lipinski definition) is 2. The molecule has 4 heteroatoms. The van der Waals surface area contributed by atoms with Crippen molar-refractivity contribution in [3.63, 3.8) is 0 Å². The Bertz CT molecular complexity index is 312. The Morgan fingerprint density at radius 3 is 2.80 bits per heavy atom. The van der Waals surface area contributed by atoms with Gasteiger partial charge in [0.2, 0.25) is 5.91 Å². The smallest absolute Gasteiger partial charge is 0.222 e. The highest BCUT2D eigenvalue weighted by molar-refractivity contribution is 5.77. The minimum atomic E-state index is -0.479. The van der Waals surface area contributed by atoms with E-state index in [0.717, 1.165) is 5.76 Å². The number of furan rings is 1. The average Bonchev–Trinajstić information content (AvgIpc) is 2.50. The highest BCUT2D eigenvalue weighted by Gasteiger charge is 2.18. The number of carbonyl (C=O) groups is 1. The van der Waals surface area contributed by atoms with E-state index >= 15 is 0 Å². The van der Waals surface area contributed by atoms with Crippen molar-refractivity contribution in [1.29, 1.82) is 0 Å². The Kier molecular flexibility index (Phi) is 3.52. The van der Waals surface area contributed by atoms with Crippen LogP contribution >= 0.6 is 0 Å². The summed E-state index contributed by atoms with van der Waals surface area (Å²) in [6, 6.07) is 3.51. The second kappa shape index (κ2) is 4.49. The van der Waals surface area contributed by atoms with Gasteiger partial charge in [0.1, 0.15) is 5.76 Å². The van der Waals surface area contributed by atoms with Crippen LogP contribution in [0.3, 0.4) is 0 Å². The van der Waals surface area contributed by atoms with Crippen molar-refractivity contribution >= 4 is 5.91 Å². The third-order valence-corrected chi connectivity index (χ3v) is 1.96. The van der Waals surface area contributed by atoms with Gasteiger partial charge >= 0.3 is 0 Å². The molecule has 1 amide bonds. The first-order valence-corrected chi connectivity index (χ1v) is 5.00. The van der Waals surface area contributed by atoms with Crippen molar-refractivity contribution in [3.8, 4) is 0 Å². The van der Waals surface area contributed by atoms with Crippen LogP contribution in [0.5, 0.6) is 0 Å². The Morgan fingerprint density at radius 2 is 2.33 bits per heavy atom. The molecule has 84 valence electrons. The fraction of sp³-hybridized carbons (Fsp3) is 0.545. The molecule has 3 N–H and O–H groups in total. The summed E-state index contributed by atoms with van der Waals surface area (Å²) >= 11 is 0. The summed E-state index contributed by atoms with van der Waals surface area (Å²) in [6.45, 7) is 5.52. The minimum Gasteiger partial charge on any atom is -0.467 e. The number of hydrogen-bond acceptors (Lipinski definition) is 3. The Morgan fingerprint density at radius 1 is 1.67 bits per heavy atom. The molecule has 4 nitrogen and oxygen atoms in total. The lowest BCUT2D eigenvalue weighted by molar-refractivity contribution is -0.122. The number of nitrogens with one attached hydrogen (secondary N) is 1. The van der Waals surface area contributed by atoms with Gasteiger partial charge in [-0.2, -0.15) is 0 Å². The maximum Gasteiger partial charge on any atom is 0.222 e. The van der Waals surface area contributed by atoms with Crippen LogP contribution in [0.15, 0.2) is 22.8 Å². The van der Waals surface area contributed by atoms with Gasteiger partial charge in [-0.1, -0.05) is 0 Å². The van der Waals surface area contributed by atoms with Gasteiger partial charge in [-0.3, -0.25) is 4.79 Å². The molecule has 0 saturated carbocycles. The van der Waals surface area contributed by atoms with E-state index in [0.29, 0.717) is 6.42 Å². The molecule has 0 bridgehead atoms. The van der Waals surface area contributed by atoms with Gasteiger partial charge in [0.25, 0.3) is 0 Å². The quantitative estimate of drug-likeness (QED) is 0.792. The van der Waals surface area contributed by atoms with Crippen molar-refractivity contribution in [2.45, 2.75) is 38.8 Å². The van der Waals surface area contributed by atoms with Crippen LogP contribution in [0.4, 0.5) is 0 Å². The van der Waals surface area contributed by atoms with Crippen molar-refractivity contribution in [1.82, 2.24) is 5.32 Å². The van der Waals surface area contributed by atoms with Crippen LogP contribution in [0.1, 0.15) is 39.0 Å². The Labute approximate surface area is 89.8 Å². The number of nitrogens with two attached hydrogens (primary N) is 1. The molecule has 0 aliphatic heterocycles. The van der Waals surface area contributed by atoms with E-state index in [1.54, 1.807) is 12.3 Å². The Hall–Kier alpha value is -1.29. The molecule has 1 rings (SSSR count). The molecule has 15 heavy (non-hydrogen) atoms. The summed E-state index contributed by atoms with van der Waals surface area (Å²) in [5.41, 5.74) is 5.27. The summed E-state index contributed by atoms with van der Waals surface area (Å²) in [5.74, 6) is 0.685. The van der Waals surface area contributed by atoms with Crippen LogP contribution in [0.2, 0.25) is 0 Å². The van der Waals surface area contributed by atoms with Gasteiger partial charge in [0.15, 0.2) is 0 Å². The zero-order chi connectivity index (χ0) is 11.5. The summed E-state index contributed by atoms with van der Waals surface area (Å²) < 4.78 is 5.18. The molecule has 1 atom stereocenters. The molecule has 1 aromatic heterocycles. The molecule has 0 unspecified atom stereocenters. The maximum atomic E-state index is 11.5. The molecular formula is C11H18N2O2. The Balaban J connectivity index is 2.45. The highest BCUT2D eigenvalue weighted by Crippen LogP contribution is 2.13. The van der Waals surface area contributed by atoms with Gasteiger partial charge in [-0.05, 0) is 32.9 Å². The van der Waals surface area contributed by atoms with E-state index in [1.165, 1.54) is 0 Å². The van der Waals surface area contributed by atoms with Crippen LogP contribution in [-0.2, 0) is 4.79 Å². The van der Waals surface area contributed by atoms with E-state index in [1.807, 2.05) is 26.8 Å². The minimum absolute atomic E-state index is 0.0635. The van der Waals surface area contributed by atoms with Crippen molar-refractivity contribution in [2.75, 3.05) is 0 Å². The molecule has 0 spiro atoms. The lowest BCUT2D eigenvalue weighted by atomic mass is 10.0. The van der Waals surface area contributed by atoms with Crippen LogP contribution < -0.4 is 11.1 Å². The van der Waals surface area contributed by atoms with Gasteiger partial charge in [0, 0.05) is 12.0 Å².